The van der Waals surface area contributed by atoms with E-state index < -0.39 is 0 Å². The summed E-state index contributed by atoms with van der Waals surface area (Å²) in [4.78, 5) is 11.5. The van der Waals surface area contributed by atoms with Gasteiger partial charge >= 0.3 is 0 Å². The molecule has 1 aliphatic rings. The van der Waals surface area contributed by atoms with E-state index in [2.05, 4.69) is 24.9 Å². The summed E-state index contributed by atoms with van der Waals surface area (Å²) < 4.78 is 0. The van der Waals surface area contributed by atoms with Gasteiger partial charge in [0.1, 0.15) is 0 Å². The average Bonchev–Trinajstić information content (AvgIpc) is 2.84. The molecule has 3 heteroatoms. The van der Waals surface area contributed by atoms with Crippen LogP contribution in [0.2, 0.25) is 0 Å². The van der Waals surface area contributed by atoms with Crippen molar-refractivity contribution in [3.63, 3.8) is 0 Å². The molecule has 1 fully saturated rings. The van der Waals surface area contributed by atoms with E-state index in [0.29, 0.717) is 12.0 Å². The lowest BCUT2D eigenvalue weighted by molar-refractivity contribution is -0.121. The van der Waals surface area contributed by atoms with E-state index in [0.717, 1.165) is 5.92 Å². The third-order valence-electron chi connectivity index (χ3n) is 2.60. The minimum atomic E-state index is -0.166. The van der Waals surface area contributed by atoms with Crippen LogP contribution in [-0.4, -0.2) is 17.2 Å². The Morgan fingerprint density at radius 2 is 1.92 bits per heavy atom. The number of nitrogens with one attached hydrogen (secondary N) is 1. The van der Waals surface area contributed by atoms with Crippen molar-refractivity contribution in [1.82, 2.24) is 5.32 Å². The fraction of sp³-hybridized carbons (Fsp3) is 0.900. The summed E-state index contributed by atoms with van der Waals surface area (Å²) in [5.74, 6) is 1.10. The number of thiol groups is 1. The van der Waals surface area contributed by atoms with Crippen LogP contribution in [0.4, 0.5) is 0 Å². The van der Waals surface area contributed by atoms with E-state index in [4.69, 9.17) is 0 Å². The molecule has 0 aromatic heterocycles. The van der Waals surface area contributed by atoms with Gasteiger partial charge in [0.15, 0.2) is 0 Å². The molecule has 1 N–H and O–H groups in total. The molecule has 2 unspecified atom stereocenters. The molecule has 1 rings (SSSR count). The first-order valence-electron chi connectivity index (χ1n) is 5.00. The highest BCUT2D eigenvalue weighted by atomic mass is 32.1. The lowest BCUT2D eigenvalue weighted by atomic mass is 10.1. The molecule has 2 atom stereocenters. The SMILES string of the molecule is CC(C)C(S)C(=O)NC(C)C1CC1. The van der Waals surface area contributed by atoms with Gasteiger partial charge < -0.3 is 5.32 Å². The molecule has 0 aromatic rings. The smallest absolute Gasteiger partial charge is 0.233 e. The average molecular weight is 201 g/mol. The van der Waals surface area contributed by atoms with Crippen LogP contribution in [0.3, 0.4) is 0 Å². The van der Waals surface area contributed by atoms with E-state index >= 15 is 0 Å². The second-order valence-corrected chi connectivity index (χ2v) is 4.88. The van der Waals surface area contributed by atoms with Gasteiger partial charge in [0.2, 0.25) is 5.91 Å². The van der Waals surface area contributed by atoms with E-state index in [1.165, 1.54) is 12.8 Å². The highest BCUT2D eigenvalue weighted by Crippen LogP contribution is 2.32. The highest BCUT2D eigenvalue weighted by Gasteiger charge is 2.30. The molecule has 13 heavy (non-hydrogen) atoms. The summed E-state index contributed by atoms with van der Waals surface area (Å²) in [6.07, 6.45) is 2.53. The Balaban J connectivity index is 2.30. The van der Waals surface area contributed by atoms with Gasteiger partial charge in [0.05, 0.1) is 5.25 Å². The Labute approximate surface area is 85.9 Å². The Morgan fingerprint density at radius 3 is 2.31 bits per heavy atom. The van der Waals surface area contributed by atoms with Gasteiger partial charge in [0, 0.05) is 6.04 Å². The van der Waals surface area contributed by atoms with Crippen molar-refractivity contribution < 1.29 is 4.79 Å². The minimum Gasteiger partial charge on any atom is -0.352 e. The Morgan fingerprint density at radius 1 is 1.38 bits per heavy atom. The molecule has 0 spiro atoms. The Bertz CT molecular complexity index is 189. The van der Waals surface area contributed by atoms with Crippen molar-refractivity contribution in [2.75, 3.05) is 0 Å². The summed E-state index contributed by atoms with van der Waals surface area (Å²) >= 11 is 4.27. The molecule has 0 saturated heterocycles. The molecule has 1 amide bonds. The maximum Gasteiger partial charge on any atom is 0.233 e. The number of hydrogen-bond donors (Lipinski definition) is 2. The van der Waals surface area contributed by atoms with E-state index in [1.54, 1.807) is 0 Å². The summed E-state index contributed by atoms with van der Waals surface area (Å²) in [6.45, 7) is 6.11. The van der Waals surface area contributed by atoms with Crippen molar-refractivity contribution in [3.05, 3.63) is 0 Å². The number of hydrogen-bond acceptors (Lipinski definition) is 2. The summed E-state index contributed by atoms with van der Waals surface area (Å²) in [6, 6.07) is 0.334. The van der Waals surface area contributed by atoms with E-state index in [1.807, 2.05) is 13.8 Å². The first-order chi connectivity index (χ1) is 6.02. The van der Waals surface area contributed by atoms with Crippen molar-refractivity contribution in [2.24, 2.45) is 11.8 Å². The molecule has 1 aliphatic carbocycles. The zero-order chi connectivity index (χ0) is 10.0. The zero-order valence-electron chi connectivity index (χ0n) is 8.58. The largest absolute Gasteiger partial charge is 0.352 e. The first-order valence-corrected chi connectivity index (χ1v) is 5.52. The fourth-order valence-corrected chi connectivity index (χ4v) is 1.40. The molecule has 0 aromatic carbocycles. The van der Waals surface area contributed by atoms with Crippen LogP contribution in [0.1, 0.15) is 33.6 Å². The van der Waals surface area contributed by atoms with E-state index in [-0.39, 0.29) is 11.2 Å². The lowest BCUT2D eigenvalue weighted by Gasteiger charge is -2.18. The van der Waals surface area contributed by atoms with Crippen LogP contribution in [0.25, 0.3) is 0 Å². The van der Waals surface area contributed by atoms with Crippen LogP contribution in [-0.2, 0) is 4.79 Å². The lowest BCUT2D eigenvalue weighted by Crippen LogP contribution is -2.40. The molecule has 2 nitrogen and oxygen atoms in total. The molecule has 1 saturated carbocycles. The quantitative estimate of drug-likeness (QED) is 0.668. The minimum absolute atomic E-state index is 0.0812. The second kappa shape index (κ2) is 4.36. The molecule has 76 valence electrons. The monoisotopic (exact) mass is 201 g/mol. The maximum atomic E-state index is 11.5. The predicted molar refractivity (Wildman–Crippen MR) is 57.9 cm³/mol. The Hall–Kier alpha value is -0.180. The van der Waals surface area contributed by atoms with Gasteiger partial charge in [-0.15, -0.1) is 0 Å². The number of amides is 1. The third kappa shape index (κ3) is 3.22. The molecular weight excluding hydrogens is 182 g/mol. The zero-order valence-corrected chi connectivity index (χ0v) is 9.47. The van der Waals surface area contributed by atoms with Crippen LogP contribution in [0.5, 0.6) is 0 Å². The van der Waals surface area contributed by atoms with Crippen LogP contribution in [0.15, 0.2) is 0 Å². The summed E-state index contributed by atoms with van der Waals surface area (Å²) in [5, 5.41) is 2.84. The molecular formula is C10H19NOS. The van der Waals surface area contributed by atoms with Crippen LogP contribution < -0.4 is 5.32 Å². The third-order valence-corrected chi connectivity index (χ3v) is 3.43. The topological polar surface area (TPSA) is 29.1 Å². The molecule has 0 bridgehead atoms. The molecule has 0 aliphatic heterocycles. The highest BCUT2D eigenvalue weighted by molar-refractivity contribution is 7.81. The standard InChI is InChI=1S/C10H19NOS/c1-6(2)9(13)10(12)11-7(3)8-4-5-8/h6-9,13H,4-5H2,1-3H3,(H,11,12). The Kier molecular flexibility index (Phi) is 3.65. The van der Waals surface area contributed by atoms with E-state index in [9.17, 15) is 4.79 Å². The number of carbonyl (C=O) groups is 1. The normalized spacial score (nSPS) is 21.3. The van der Waals surface area contributed by atoms with Crippen LogP contribution in [0, 0.1) is 11.8 Å². The predicted octanol–water partition coefficient (Wildman–Crippen LogP) is 1.86. The van der Waals surface area contributed by atoms with Gasteiger partial charge in [-0.1, -0.05) is 13.8 Å². The van der Waals surface area contributed by atoms with Crippen molar-refractivity contribution in [2.45, 2.75) is 44.9 Å². The van der Waals surface area contributed by atoms with Gasteiger partial charge in [0.25, 0.3) is 0 Å². The number of carbonyl (C=O) groups excluding carboxylic acids is 1. The fourth-order valence-electron chi connectivity index (χ4n) is 1.33. The maximum absolute atomic E-state index is 11.5. The van der Waals surface area contributed by atoms with Gasteiger partial charge in [-0.05, 0) is 31.6 Å². The molecule has 0 heterocycles. The van der Waals surface area contributed by atoms with Gasteiger partial charge in [-0.2, -0.15) is 12.6 Å². The van der Waals surface area contributed by atoms with Crippen molar-refractivity contribution in [1.29, 1.82) is 0 Å². The van der Waals surface area contributed by atoms with Gasteiger partial charge in [-0.3, -0.25) is 4.79 Å². The van der Waals surface area contributed by atoms with Crippen LogP contribution >= 0.6 is 12.6 Å². The van der Waals surface area contributed by atoms with Gasteiger partial charge in [-0.25, -0.2) is 0 Å². The number of rotatable bonds is 4. The van der Waals surface area contributed by atoms with Crippen molar-refractivity contribution >= 4 is 18.5 Å². The summed E-state index contributed by atoms with van der Waals surface area (Å²) in [7, 11) is 0. The second-order valence-electron chi connectivity index (χ2n) is 4.32. The first kappa shape index (κ1) is 10.9. The summed E-state index contributed by atoms with van der Waals surface area (Å²) in [5.41, 5.74) is 0. The van der Waals surface area contributed by atoms with Crippen molar-refractivity contribution in [3.8, 4) is 0 Å². The molecule has 0 radical (unpaired) electrons.